The number of thiophene rings is 1. The molecule has 4 heteroatoms. The third-order valence-corrected chi connectivity index (χ3v) is 2.95. The molecule has 86 valence electrons. The zero-order valence-electron chi connectivity index (χ0n) is 9.27. The summed E-state index contributed by atoms with van der Waals surface area (Å²) in [6.07, 6.45) is 0.821. The molecule has 0 aliphatic rings. The molecule has 0 aliphatic carbocycles. The van der Waals surface area contributed by atoms with E-state index in [-0.39, 0.29) is 5.75 Å². The summed E-state index contributed by atoms with van der Waals surface area (Å²) in [7, 11) is 1.68. The maximum Gasteiger partial charge on any atom is 0.160 e. The van der Waals surface area contributed by atoms with Gasteiger partial charge in [-0.05, 0) is 36.6 Å². The van der Waals surface area contributed by atoms with E-state index in [2.05, 4.69) is 4.74 Å². The molecule has 0 spiro atoms. The van der Waals surface area contributed by atoms with Gasteiger partial charge in [0.1, 0.15) is 5.75 Å². The van der Waals surface area contributed by atoms with Crippen LogP contribution in [0, 0.1) is 0 Å². The Labute approximate surface area is 98.3 Å². The van der Waals surface area contributed by atoms with Gasteiger partial charge in [-0.1, -0.05) is 0 Å². The van der Waals surface area contributed by atoms with Gasteiger partial charge in [-0.25, -0.2) is 0 Å². The number of aromatic hydroxyl groups is 1. The Morgan fingerprint density at radius 2 is 2.12 bits per heavy atom. The van der Waals surface area contributed by atoms with Crippen LogP contribution in [0.15, 0.2) is 24.3 Å². The summed E-state index contributed by atoms with van der Waals surface area (Å²) < 4.78 is 5.48. The number of carbonyl (C=O) groups is 1. The van der Waals surface area contributed by atoms with E-state index < -0.39 is 0 Å². The van der Waals surface area contributed by atoms with E-state index in [1.54, 1.807) is 25.3 Å². The number of rotatable bonds is 2. The summed E-state index contributed by atoms with van der Waals surface area (Å²) >= 11 is 1.38. The van der Waals surface area contributed by atoms with Gasteiger partial charge in [0.2, 0.25) is 0 Å². The van der Waals surface area contributed by atoms with Crippen LogP contribution >= 0.6 is 11.3 Å². The molecule has 0 fully saturated rings. The Kier molecular flexibility index (Phi) is 4.95. The average molecular weight is 238 g/mol. The fourth-order valence-electron chi connectivity index (χ4n) is 1.10. The van der Waals surface area contributed by atoms with Crippen LogP contribution in [0.4, 0.5) is 0 Å². The van der Waals surface area contributed by atoms with Crippen molar-refractivity contribution in [2.75, 3.05) is 13.7 Å². The fourth-order valence-corrected chi connectivity index (χ4v) is 2.01. The highest BCUT2D eigenvalue weighted by Gasteiger charge is 2.00. The molecule has 0 saturated heterocycles. The zero-order chi connectivity index (χ0) is 12.0. The fraction of sp³-hybridized carbons (Fsp3) is 0.250. The largest absolute Gasteiger partial charge is 0.508 e. The van der Waals surface area contributed by atoms with E-state index in [0.717, 1.165) is 23.0 Å². The first kappa shape index (κ1) is 12.7. The quantitative estimate of drug-likeness (QED) is 0.818. The third kappa shape index (κ3) is 3.32. The van der Waals surface area contributed by atoms with Gasteiger partial charge < -0.3 is 9.84 Å². The van der Waals surface area contributed by atoms with E-state index in [1.807, 2.05) is 13.0 Å². The minimum atomic E-state index is 0.238. The number of phenolic OH excluding ortho intramolecular Hbond substituents is 1. The molecule has 1 aromatic heterocycles. The van der Waals surface area contributed by atoms with Crippen LogP contribution in [0.3, 0.4) is 0 Å². The van der Waals surface area contributed by atoms with Crippen LogP contribution in [0.25, 0.3) is 10.1 Å². The second kappa shape index (κ2) is 6.25. The first-order valence-electron chi connectivity index (χ1n) is 4.88. The van der Waals surface area contributed by atoms with E-state index in [4.69, 9.17) is 5.11 Å². The number of ether oxygens (including phenoxy) is 1. The van der Waals surface area contributed by atoms with Crippen molar-refractivity contribution >= 4 is 27.7 Å². The third-order valence-electron chi connectivity index (χ3n) is 1.93. The Morgan fingerprint density at radius 1 is 1.44 bits per heavy atom. The molecule has 1 N–H and O–H groups in total. The number of benzene rings is 1. The van der Waals surface area contributed by atoms with E-state index in [1.165, 1.54) is 11.3 Å². The van der Waals surface area contributed by atoms with Gasteiger partial charge in [0.05, 0.1) is 4.88 Å². The van der Waals surface area contributed by atoms with Crippen LogP contribution in [0.5, 0.6) is 5.75 Å². The number of hydrogen-bond acceptors (Lipinski definition) is 4. The van der Waals surface area contributed by atoms with Crippen LogP contribution < -0.4 is 0 Å². The molecular weight excluding hydrogens is 224 g/mol. The Morgan fingerprint density at radius 3 is 2.69 bits per heavy atom. The summed E-state index contributed by atoms with van der Waals surface area (Å²) in [5, 5.41) is 10.1. The lowest BCUT2D eigenvalue weighted by Gasteiger charge is -1.89. The van der Waals surface area contributed by atoms with E-state index >= 15 is 0 Å². The molecule has 2 aromatic rings. The number of carbonyl (C=O) groups excluding carboxylic acids is 1. The molecule has 2 rings (SSSR count). The summed E-state index contributed by atoms with van der Waals surface area (Å²) in [6.45, 7) is 2.78. The molecule has 3 nitrogen and oxygen atoms in total. The van der Waals surface area contributed by atoms with Crippen LogP contribution in [-0.2, 0) is 4.74 Å². The lowest BCUT2D eigenvalue weighted by atomic mass is 10.2. The minimum Gasteiger partial charge on any atom is -0.508 e. The van der Waals surface area contributed by atoms with Gasteiger partial charge in [0, 0.05) is 18.4 Å². The Bertz CT molecular complexity index is 460. The van der Waals surface area contributed by atoms with Crippen LogP contribution in [-0.4, -0.2) is 25.1 Å². The predicted molar refractivity (Wildman–Crippen MR) is 66.4 cm³/mol. The molecular formula is C12H14O3S. The second-order valence-electron chi connectivity index (χ2n) is 3.07. The highest BCUT2D eigenvalue weighted by Crippen LogP contribution is 2.27. The normalized spacial score (nSPS) is 9.62. The molecule has 0 amide bonds. The van der Waals surface area contributed by atoms with Crippen molar-refractivity contribution in [2.24, 2.45) is 0 Å². The van der Waals surface area contributed by atoms with E-state index in [9.17, 15) is 4.79 Å². The van der Waals surface area contributed by atoms with Gasteiger partial charge in [-0.15, -0.1) is 11.3 Å². The molecule has 1 heterocycles. The first-order valence-corrected chi connectivity index (χ1v) is 5.69. The average Bonchev–Trinajstić information content (AvgIpc) is 2.71. The molecule has 0 bridgehead atoms. The maximum atomic E-state index is 10.4. The molecule has 16 heavy (non-hydrogen) atoms. The number of methoxy groups -OCH3 is 1. The van der Waals surface area contributed by atoms with Crippen molar-refractivity contribution in [2.45, 2.75) is 6.92 Å². The maximum absolute atomic E-state index is 10.4. The number of aldehydes is 1. The Hall–Kier alpha value is -1.39. The topological polar surface area (TPSA) is 46.5 Å². The smallest absolute Gasteiger partial charge is 0.160 e. The van der Waals surface area contributed by atoms with Gasteiger partial charge in [-0.3, -0.25) is 4.79 Å². The van der Waals surface area contributed by atoms with Crippen molar-refractivity contribution in [3.8, 4) is 5.75 Å². The number of fused-ring (bicyclic) bond motifs is 1. The summed E-state index contributed by atoms with van der Waals surface area (Å²) in [4.78, 5) is 11.1. The Balaban J connectivity index is 0.000000280. The highest BCUT2D eigenvalue weighted by molar-refractivity contribution is 7.20. The molecule has 0 aliphatic heterocycles. The molecule has 0 saturated carbocycles. The molecule has 1 aromatic carbocycles. The summed E-state index contributed by atoms with van der Waals surface area (Å²) in [5.74, 6) is 0.238. The molecule has 0 atom stereocenters. The highest BCUT2D eigenvalue weighted by atomic mass is 32.1. The van der Waals surface area contributed by atoms with Crippen LogP contribution in [0.1, 0.15) is 16.6 Å². The van der Waals surface area contributed by atoms with Gasteiger partial charge in [0.25, 0.3) is 0 Å². The van der Waals surface area contributed by atoms with Crippen molar-refractivity contribution in [3.05, 3.63) is 29.1 Å². The monoisotopic (exact) mass is 238 g/mol. The summed E-state index contributed by atoms with van der Waals surface area (Å²) in [5.41, 5.74) is 0. The van der Waals surface area contributed by atoms with Gasteiger partial charge in [0.15, 0.2) is 6.29 Å². The standard InChI is InChI=1S/C9H6O2S.C3H8O/c10-5-8-3-6-1-2-7(11)4-9(6)12-8;1-3-4-2/h1-5,11H;3H2,1-2H3. The lowest BCUT2D eigenvalue weighted by Crippen LogP contribution is -1.73. The van der Waals surface area contributed by atoms with Gasteiger partial charge in [-0.2, -0.15) is 0 Å². The molecule has 0 radical (unpaired) electrons. The van der Waals surface area contributed by atoms with Crippen LogP contribution in [0.2, 0.25) is 0 Å². The van der Waals surface area contributed by atoms with Crippen molar-refractivity contribution in [3.63, 3.8) is 0 Å². The SMILES string of the molecule is CCOC.O=Cc1cc2ccc(O)cc2s1. The molecule has 0 unspecified atom stereocenters. The first-order chi connectivity index (χ1) is 7.71. The van der Waals surface area contributed by atoms with Crippen molar-refractivity contribution in [1.82, 2.24) is 0 Å². The minimum absolute atomic E-state index is 0.238. The van der Waals surface area contributed by atoms with Crippen molar-refractivity contribution in [1.29, 1.82) is 0 Å². The van der Waals surface area contributed by atoms with Crippen molar-refractivity contribution < 1.29 is 14.6 Å². The van der Waals surface area contributed by atoms with Gasteiger partial charge >= 0.3 is 0 Å². The summed E-state index contributed by atoms with van der Waals surface area (Å²) in [6, 6.07) is 6.89. The van der Waals surface area contributed by atoms with E-state index in [0.29, 0.717) is 4.88 Å². The zero-order valence-corrected chi connectivity index (χ0v) is 10.1. The second-order valence-corrected chi connectivity index (χ2v) is 4.18. The number of phenols is 1. The number of hydrogen-bond donors (Lipinski definition) is 1. The predicted octanol–water partition coefficient (Wildman–Crippen LogP) is 3.07. The lowest BCUT2D eigenvalue weighted by molar-refractivity contribution is 0.112.